The number of cyclic esters (lactones) is 1. The number of esters is 1. The summed E-state index contributed by atoms with van der Waals surface area (Å²) in [6.07, 6.45) is 8.24. The molecule has 1 aliphatic heterocycles. The fourth-order valence-electron chi connectivity index (χ4n) is 6.80. The second kappa shape index (κ2) is 18.7. The standard InChI is InChI=1S/C41H49N3O9S/c1-24-12-11-15-27(45)14-8-6-7-13-25-20-32(46)37(38(48)36(25)41(49)53-24)28(26-21-33(50-2)39(52-4)34(22-26)51-3)23-35(47)42-31(18-19-54-5)40-43-29-16-9-10-17-30(29)44-40/h7,9-10,13,16-17,20-22,24,28,31,46,48H,6,8,11-12,14-15,18-19,23H2,1-5H3,(H,42,47)(H,43,44)/t24-,28?,31-/m0/s1. The Balaban J connectivity index is 1.62. The second-order valence-electron chi connectivity index (χ2n) is 13.3. The lowest BCUT2D eigenvalue weighted by atomic mass is 9.84. The molecule has 1 unspecified atom stereocenters. The molecular formula is C41H49N3O9S. The number of hydrogen-bond acceptors (Lipinski definition) is 11. The number of benzene rings is 3. The molecule has 1 aliphatic rings. The summed E-state index contributed by atoms with van der Waals surface area (Å²) in [5.41, 5.74) is 2.11. The van der Waals surface area contributed by atoms with Crippen molar-refractivity contribution in [3.05, 3.63) is 76.6 Å². The largest absolute Gasteiger partial charge is 0.507 e. The number of ether oxygens (including phenoxy) is 4. The van der Waals surface area contributed by atoms with Crippen molar-refractivity contribution in [2.45, 2.75) is 76.4 Å². The van der Waals surface area contributed by atoms with Crippen LogP contribution in [-0.2, 0) is 14.3 Å². The van der Waals surface area contributed by atoms with Gasteiger partial charge in [0.25, 0.3) is 0 Å². The Morgan fingerprint density at radius 3 is 2.46 bits per heavy atom. The van der Waals surface area contributed by atoms with Crippen LogP contribution in [0.4, 0.5) is 0 Å². The van der Waals surface area contributed by atoms with Gasteiger partial charge in [-0.3, -0.25) is 9.59 Å². The van der Waals surface area contributed by atoms with Crippen LogP contribution in [0.2, 0.25) is 0 Å². The number of aromatic hydroxyl groups is 2. The number of carbonyl (C=O) groups excluding carboxylic acids is 3. The number of amides is 1. The number of Topliss-reactive ketones (excluding diaryl/α,β-unsaturated/α-hetero) is 1. The van der Waals surface area contributed by atoms with E-state index in [0.717, 1.165) is 16.8 Å². The van der Waals surface area contributed by atoms with Crippen LogP contribution < -0.4 is 19.5 Å². The van der Waals surface area contributed by atoms with Crippen LogP contribution in [0.3, 0.4) is 0 Å². The minimum Gasteiger partial charge on any atom is -0.507 e. The number of allylic oxidation sites excluding steroid dienone is 1. The predicted molar refractivity (Wildman–Crippen MR) is 209 cm³/mol. The van der Waals surface area contributed by atoms with E-state index in [1.165, 1.54) is 27.4 Å². The number of nitrogens with one attached hydrogen (secondary N) is 2. The van der Waals surface area contributed by atoms with Crippen LogP contribution in [-0.4, -0.2) is 77.3 Å². The number of hydrogen-bond donors (Lipinski definition) is 4. The van der Waals surface area contributed by atoms with E-state index in [2.05, 4.69) is 10.3 Å². The van der Waals surface area contributed by atoms with Gasteiger partial charge in [0.05, 0.1) is 44.5 Å². The van der Waals surface area contributed by atoms with Gasteiger partial charge in [0.1, 0.15) is 28.7 Å². The summed E-state index contributed by atoms with van der Waals surface area (Å²) in [5, 5.41) is 26.9. The number of imidazole rings is 1. The second-order valence-corrected chi connectivity index (χ2v) is 14.3. The number of para-hydroxylation sites is 2. The number of ketones is 1. The third kappa shape index (κ3) is 9.49. The highest BCUT2D eigenvalue weighted by Gasteiger charge is 2.33. The van der Waals surface area contributed by atoms with Gasteiger partial charge in [0.15, 0.2) is 11.5 Å². The zero-order valence-electron chi connectivity index (χ0n) is 31.4. The van der Waals surface area contributed by atoms with Gasteiger partial charge in [-0.05, 0) is 92.5 Å². The van der Waals surface area contributed by atoms with Crippen molar-refractivity contribution in [3.63, 3.8) is 0 Å². The molecule has 4 aromatic rings. The van der Waals surface area contributed by atoms with E-state index in [1.807, 2.05) is 30.5 Å². The number of aromatic nitrogens is 2. The molecular weight excluding hydrogens is 711 g/mol. The minimum atomic E-state index is -1.02. The average molecular weight is 760 g/mol. The Morgan fingerprint density at radius 1 is 1.06 bits per heavy atom. The molecule has 12 nitrogen and oxygen atoms in total. The number of thioether (sulfide) groups is 1. The highest BCUT2D eigenvalue weighted by molar-refractivity contribution is 7.98. The molecule has 0 saturated carbocycles. The van der Waals surface area contributed by atoms with E-state index < -0.39 is 35.7 Å². The van der Waals surface area contributed by atoms with E-state index in [1.54, 1.807) is 43.0 Å². The molecule has 1 amide bonds. The van der Waals surface area contributed by atoms with Crippen LogP contribution in [0.5, 0.6) is 28.7 Å². The first-order valence-corrected chi connectivity index (χ1v) is 19.5. The molecule has 0 bridgehead atoms. The normalized spacial score (nSPS) is 16.5. The Morgan fingerprint density at radius 2 is 1.78 bits per heavy atom. The first-order chi connectivity index (χ1) is 26.1. The topological polar surface area (TPSA) is 169 Å². The zero-order chi connectivity index (χ0) is 38.8. The number of aromatic amines is 1. The van der Waals surface area contributed by atoms with Crippen molar-refractivity contribution < 1.29 is 43.5 Å². The lowest BCUT2D eigenvalue weighted by Gasteiger charge is -2.25. The average Bonchev–Trinajstić information content (AvgIpc) is 3.59. The maximum Gasteiger partial charge on any atom is 0.342 e. The molecule has 3 atom stereocenters. The van der Waals surface area contributed by atoms with Gasteiger partial charge in [-0.1, -0.05) is 24.3 Å². The van der Waals surface area contributed by atoms with Crippen LogP contribution >= 0.6 is 11.8 Å². The predicted octanol–water partition coefficient (Wildman–Crippen LogP) is 7.61. The lowest BCUT2D eigenvalue weighted by molar-refractivity contribution is -0.122. The van der Waals surface area contributed by atoms with Crippen molar-refractivity contribution in [2.75, 3.05) is 33.3 Å². The molecule has 0 radical (unpaired) electrons. The van der Waals surface area contributed by atoms with Crippen molar-refractivity contribution in [2.24, 2.45) is 0 Å². The molecule has 0 aliphatic carbocycles. The summed E-state index contributed by atoms with van der Waals surface area (Å²) >= 11 is 1.64. The molecule has 0 saturated heterocycles. The van der Waals surface area contributed by atoms with Crippen molar-refractivity contribution in [1.82, 2.24) is 15.3 Å². The van der Waals surface area contributed by atoms with Crippen molar-refractivity contribution in [1.29, 1.82) is 0 Å². The number of carbonyl (C=O) groups is 3. The first-order valence-electron chi connectivity index (χ1n) is 18.1. The number of H-pyrrole nitrogens is 1. The van der Waals surface area contributed by atoms with Crippen LogP contribution in [0.1, 0.15) is 103 Å². The molecule has 3 aromatic carbocycles. The summed E-state index contributed by atoms with van der Waals surface area (Å²) in [7, 11) is 4.40. The van der Waals surface area contributed by atoms with Gasteiger partial charge in [0.2, 0.25) is 11.7 Å². The zero-order valence-corrected chi connectivity index (χ0v) is 32.2. The third-order valence-corrected chi connectivity index (χ3v) is 10.2. The number of phenolic OH excluding ortho intramolecular Hbond substituents is 2. The Labute approximate surface area is 319 Å². The number of rotatable bonds is 12. The molecule has 54 heavy (non-hydrogen) atoms. The summed E-state index contributed by atoms with van der Waals surface area (Å²) in [6, 6.07) is 11.8. The van der Waals surface area contributed by atoms with Crippen molar-refractivity contribution in [3.8, 4) is 28.7 Å². The fourth-order valence-corrected chi connectivity index (χ4v) is 7.27. The molecule has 0 spiro atoms. The van der Waals surface area contributed by atoms with Crippen LogP contribution in [0.15, 0.2) is 48.5 Å². The monoisotopic (exact) mass is 759 g/mol. The van der Waals surface area contributed by atoms with Gasteiger partial charge < -0.3 is 39.5 Å². The van der Waals surface area contributed by atoms with Gasteiger partial charge in [0, 0.05) is 30.7 Å². The van der Waals surface area contributed by atoms with Gasteiger partial charge in [-0.15, -0.1) is 0 Å². The van der Waals surface area contributed by atoms with Gasteiger partial charge >= 0.3 is 5.97 Å². The number of methoxy groups -OCH3 is 3. The molecule has 288 valence electrons. The highest BCUT2D eigenvalue weighted by Crippen LogP contribution is 2.48. The van der Waals surface area contributed by atoms with E-state index in [-0.39, 0.29) is 34.6 Å². The Bertz CT molecular complexity index is 1930. The Hall–Kier alpha value is -5.17. The molecule has 5 rings (SSSR count). The van der Waals surface area contributed by atoms with Crippen LogP contribution in [0.25, 0.3) is 17.1 Å². The molecule has 0 fully saturated rings. The van der Waals surface area contributed by atoms with E-state index in [4.69, 9.17) is 23.9 Å². The number of phenols is 2. The Kier molecular flexibility index (Phi) is 13.9. The minimum absolute atomic E-state index is 0.0488. The SMILES string of the molecule is COc1cc(C(CC(=O)N[C@@H](CCSC)c2nc3ccccc3[nH]2)c2c(O)cc3c(c2O)C(=O)O[C@@H](C)CCCC(=O)CCCC=C3)cc(OC)c1OC. The van der Waals surface area contributed by atoms with Gasteiger partial charge in [-0.2, -0.15) is 11.8 Å². The smallest absolute Gasteiger partial charge is 0.342 e. The fraction of sp³-hybridized carbons (Fsp3) is 0.415. The summed E-state index contributed by atoms with van der Waals surface area (Å²) in [6.45, 7) is 1.74. The maximum atomic E-state index is 14.2. The third-order valence-electron chi connectivity index (χ3n) is 9.56. The summed E-state index contributed by atoms with van der Waals surface area (Å²) < 4.78 is 22.6. The molecule has 13 heteroatoms. The molecule has 2 heterocycles. The van der Waals surface area contributed by atoms with E-state index >= 15 is 0 Å². The number of nitrogens with zero attached hydrogens (tertiary/aromatic N) is 1. The number of fused-ring (bicyclic) bond motifs is 2. The quantitative estimate of drug-likeness (QED) is 0.105. The maximum absolute atomic E-state index is 14.2. The highest BCUT2D eigenvalue weighted by atomic mass is 32.2. The van der Waals surface area contributed by atoms with Gasteiger partial charge in [-0.25, -0.2) is 9.78 Å². The van der Waals surface area contributed by atoms with E-state index in [0.29, 0.717) is 73.6 Å². The summed E-state index contributed by atoms with van der Waals surface area (Å²) in [5.74, 6) is -0.646. The van der Waals surface area contributed by atoms with Crippen molar-refractivity contribution >= 4 is 46.5 Å². The lowest BCUT2D eigenvalue weighted by Crippen LogP contribution is -2.31. The van der Waals surface area contributed by atoms with E-state index in [9.17, 15) is 24.6 Å². The van der Waals surface area contributed by atoms with Crippen LogP contribution in [0, 0.1) is 0 Å². The molecule has 1 aromatic heterocycles. The first kappa shape index (κ1) is 40.0. The summed E-state index contributed by atoms with van der Waals surface area (Å²) in [4.78, 5) is 48.4. The molecule has 4 N–H and O–H groups in total.